The molecule has 2 unspecified atom stereocenters. The van der Waals surface area contributed by atoms with Gasteiger partial charge in [0.2, 0.25) is 0 Å². The predicted molar refractivity (Wildman–Crippen MR) is 108 cm³/mol. The summed E-state index contributed by atoms with van der Waals surface area (Å²) in [5.41, 5.74) is 2.30. The maximum atomic E-state index is 13.4. The number of aromatic nitrogens is 2. The fourth-order valence-corrected chi connectivity index (χ4v) is 4.33. The predicted octanol–water partition coefficient (Wildman–Crippen LogP) is 4.91. The van der Waals surface area contributed by atoms with Crippen molar-refractivity contribution in [2.45, 2.75) is 12.5 Å². The van der Waals surface area contributed by atoms with E-state index in [1.165, 1.54) is 23.5 Å². The second-order valence-electron chi connectivity index (χ2n) is 6.97. The Balaban J connectivity index is 1.38. The molecule has 29 heavy (non-hydrogen) atoms. The second-order valence-corrected chi connectivity index (χ2v) is 7.97. The number of hydrogen-bond acceptors (Lipinski definition) is 6. The van der Waals surface area contributed by atoms with Gasteiger partial charge in [0, 0.05) is 29.9 Å². The Hall–Kier alpha value is -3.03. The van der Waals surface area contributed by atoms with E-state index in [1.807, 2.05) is 12.1 Å². The molecule has 1 aliphatic heterocycles. The Morgan fingerprint density at radius 2 is 2.14 bits per heavy atom. The molecule has 0 saturated carbocycles. The molecule has 3 heterocycles. The van der Waals surface area contributed by atoms with Crippen LogP contribution >= 0.6 is 11.3 Å². The highest BCUT2D eigenvalue weighted by molar-refractivity contribution is 7.20. The summed E-state index contributed by atoms with van der Waals surface area (Å²) >= 11 is 1.34. The molecule has 0 saturated heterocycles. The monoisotopic (exact) mass is 408 g/mol. The third-order valence-electron chi connectivity index (χ3n) is 4.96. The minimum Gasteiger partial charge on any atom is -0.493 e. The second kappa shape index (κ2) is 7.42. The molecule has 0 spiro atoms. The molecular formula is C22H17FN2O3S. The van der Waals surface area contributed by atoms with Gasteiger partial charge in [0.1, 0.15) is 17.3 Å². The van der Waals surface area contributed by atoms with Gasteiger partial charge in [-0.2, -0.15) is 0 Å². The Morgan fingerprint density at radius 1 is 1.21 bits per heavy atom. The lowest BCUT2D eigenvalue weighted by atomic mass is 9.88. The van der Waals surface area contributed by atoms with Crippen LogP contribution in [0.3, 0.4) is 0 Å². The molecule has 0 amide bonds. The van der Waals surface area contributed by atoms with E-state index in [0.717, 1.165) is 10.3 Å². The van der Waals surface area contributed by atoms with Crippen LogP contribution in [0.5, 0.6) is 16.7 Å². The zero-order valence-electron chi connectivity index (χ0n) is 15.3. The van der Waals surface area contributed by atoms with Gasteiger partial charge < -0.3 is 14.6 Å². The smallest absolute Gasteiger partial charge is 0.279 e. The zero-order chi connectivity index (χ0) is 19.8. The SMILES string of the molecule is OC1c2cc(Oc3nc4cc(F)ccc4s3)ccc2OCC1Cc1cccnc1. The van der Waals surface area contributed by atoms with Crippen molar-refractivity contribution >= 4 is 21.6 Å². The molecule has 0 aliphatic carbocycles. The summed E-state index contributed by atoms with van der Waals surface area (Å²) in [5.74, 6) is 0.794. The number of aliphatic hydroxyl groups is 1. The van der Waals surface area contributed by atoms with Crippen LogP contribution in [0.25, 0.3) is 10.2 Å². The average Bonchev–Trinajstić information content (AvgIpc) is 3.12. The fraction of sp³-hybridized carbons (Fsp3) is 0.182. The Labute approximate surface area is 170 Å². The molecule has 0 bridgehead atoms. The summed E-state index contributed by atoms with van der Waals surface area (Å²) in [6.45, 7) is 0.437. The molecule has 7 heteroatoms. The van der Waals surface area contributed by atoms with Crippen LogP contribution in [0.2, 0.25) is 0 Å². The normalized spacial score (nSPS) is 18.3. The number of hydrogen-bond donors (Lipinski definition) is 1. The summed E-state index contributed by atoms with van der Waals surface area (Å²) < 4.78 is 26.0. The molecule has 4 aromatic rings. The molecule has 1 aliphatic rings. The highest BCUT2D eigenvalue weighted by Crippen LogP contribution is 2.40. The highest BCUT2D eigenvalue weighted by Gasteiger charge is 2.30. The summed E-state index contributed by atoms with van der Waals surface area (Å²) in [6.07, 6.45) is 3.53. The van der Waals surface area contributed by atoms with Gasteiger partial charge in [-0.15, -0.1) is 0 Å². The number of aliphatic hydroxyl groups excluding tert-OH is 1. The minimum absolute atomic E-state index is 0.0765. The lowest BCUT2D eigenvalue weighted by Crippen LogP contribution is -2.27. The first-order chi connectivity index (χ1) is 14.2. The number of halogens is 1. The van der Waals surface area contributed by atoms with Crippen molar-refractivity contribution in [1.82, 2.24) is 9.97 Å². The van der Waals surface area contributed by atoms with Crippen molar-refractivity contribution in [3.8, 4) is 16.7 Å². The average molecular weight is 408 g/mol. The third kappa shape index (κ3) is 3.66. The molecule has 1 N–H and O–H groups in total. The van der Waals surface area contributed by atoms with Crippen molar-refractivity contribution in [2.24, 2.45) is 5.92 Å². The molecule has 5 rings (SSSR count). The first-order valence-electron chi connectivity index (χ1n) is 9.23. The molecule has 2 atom stereocenters. The number of nitrogens with zero attached hydrogens (tertiary/aromatic N) is 2. The van der Waals surface area contributed by atoms with Crippen molar-refractivity contribution in [3.05, 3.63) is 77.9 Å². The number of fused-ring (bicyclic) bond motifs is 2. The molecular weight excluding hydrogens is 391 g/mol. The van der Waals surface area contributed by atoms with E-state index in [9.17, 15) is 9.50 Å². The molecule has 0 radical (unpaired) electrons. The standard InChI is InChI=1S/C22H17FN2O3S/c23-15-3-6-20-18(9-15)25-22(29-20)28-16-4-5-19-17(10-16)21(26)14(12-27-19)8-13-2-1-7-24-11-13/h1-7,9-11,14,21,26H,8,12H2. The quantitative estimate of drug-likeness (QED) is 0.520. The summed E-state index contributed by atoms with van der Waals surface area (Å²) in [6, 6.07) is 13.7. The van der Waals surface area contributed by atoms with Crippen molar-refractivity contribution in [2.75, 3.05) is 6.61 Å². The van der Waals surface area contributed by atoms with Crippen molar-refractivity contribution < 1.29 is 19.0 Å². The maximum absolute atomic E-state index is 13.4. The van der Waals surface area contributed by atoms with Gasteiger partial charge in [-0.05, 0) is 48.4 Å². The molecule has 146 valence electrons. The molecule has 0 fully saturated rings. The molecule has 2 aromatic heterocycles. The summed E-state index contributed by atoms with van der Waals surface area (Å²) in [7, 11) is 0. The Bertz CT molecular complexity index is 1170. The van der Waals surface area contributed by atoms with Crippen LogP contribution in [-0.4, -0.2) is 21.7 Å². The van der Waals surface area contributed by atoms with Crippen LogP contribution in [-0.2, 0) is 6.42 Å². The van der Waals surface area contributed by atoms with Crippen molar-refractivity contribution in [3.63, 3.8) is 0 Å². The van der Waals surface area contributed by atoms with Crippen molar-refractivity contribution in [1.29, 1.82) is 0 Å². The van der Waals surface area contributed by atoms with Crippen LogP contribution in [0.4, 0.5) is 4.39 Å². The molecule has 5 nitrogen and oxygen atoms in total. The van der Waals surface area contributed by atoms with Gasteiger partial charge in [-0.1, -0.05) is 17.4 Å². The Kier molecular flexibility index (Phi) is 4.61. The number of benzene rings is 2. The van der Waals surface area contributed by atoms with Gasteiger partial charge in [-0.25, -0.2) is 9.37 Å². The first-order valence-corrected chi connectivity index (χ1v) is 10.0. The van der Waals surface area contributed by atoms with E-state index in [1.54, 1.807) is 36.7 Å². The van der Waals surface area contributed by atoms with Crippen LogP contribution in [0, 0.1) is 11.7 Å². The molecule has 2 aromatic carbocycles. The number of thiazole rings is 1. The first kappa shape index (κ1) is 18.0. The van der Waals surface area contributed by atoms with E-state index >= 15 is 0 Å². The number of rotatable bonds is 4. The van der Waals surface area contributed by atoms with E-state index < -0.39 is 6.10 Å². The summed E-state index contributed by atoms with van der Waals surface area (Å²) in [5, 5.41) is 11.3. The topological polar surface area (TPSA) is 64.5 Å². The Morgan fingerprint density at radius 3 is 3.00 bits per heavy atom. The van der Waals surface area contributed by atoms with Crippen LogP contribution in [0.1, 0.15) is 17.2 Å². The van der Waals surface area contributed by atoms with Gasteiger partial charge in [0.25, 0.3) is 5.19 Å². The number of ether oxygens (including phenoxy) is 2. The lowest BCUT2D eigenvalue weighted by Gasteiger charge is -2.30. The minimum atomic E-state index is -0.674. The van der Waals surface area contributed by atoms with E-state index in [-0.39, 0.29) is 11.7 Å². The van der Waals surface area contributed by atoms with Gasteiger partial charge in [0.15, 0.2) is 0 Å². The maximum Gasteiger partial charge on any atom is 0.279 e. The van der Waals surface area contributed by atoms with Crippen LogP contribution in [0.15, 0.2) is 60.9 Å². The van der Waals surface area contributed by atoms with Gasteiger partial charge in [0.05, 0.1) is 22.9 Å². The van der Waals surface area contributed by atoms with Crippen LogP contribution < -0.4 is 9.47 Å². The zero-order valence-corrected chi connectivity index (χ0v) is 16.1. The largest absolute Gasteiger partial charge is 0.493 e. The summed E-state index contributed by atoms with van der Waals surface area (Å²) in [4.78, 5) is 8.46. The van der Waals surface area contributed by atoms with E-state index in [0.29, 0.717) is 40.8 Å². The lowest BCUT2D eigenvalue weighted by molar-refractivity contribution is 0.0505. The fourth-order valence-electron chi connectivity index (χ4n) is 3.51. The van der Waals surface area contributed by atoms with E-state index in [4.69, 9.17) is 9.47 Å². The van der Waals surface area contributed by atoms with Gasteiger partial charge >= 0.3 is 0 Å². The highest BCUT2D eigenvalue weighted by atomic mass is 32.1. The number of pyridine rings is 1. The van der Waals surface area contributed by atoms with Gasteiger partial charge in [-0.3, -0.25) is 4.98 Å². The third-order valence-corrected chi connectivity index (χ3v) is 5.87. The van der Waals surface area contributed by atoms with E-state index in [2.05, 4.69) is 9.97 Å².